The molecule has 1 rings (SSSR count). The lowest BCUT2D eigenvalue weighted by molar-refractivity contribution is -0.137. The Balaban J connectivity index is 2.47. The number of carbonyl (C=O) groups excluding carboxylic acids is 1. The summed E-state index contributed by atoms with van der Waals surface area (Å²) < 4.78 is 0. The minimum atomic E-state index is -1.01. The normalized spacial score (nSPS) is 23.3. The maximum absolute atomic E-state index is 11.5. The molecule has 5 heteroatoms. The van der Waals surface area contributed by atoms with Crippen LogP contribution in [0.5, 0.6) is 0 Å². The van der Waals surface area contributed by atoms with Crippen LogP contribution in [0.25, 0.3) is 0 Å². The Labute approximate surface area is 83.5 Å². The zero-order valence-electron chi connectivity index (χ0n) is 8.44. The number of hydrogen-bond acceptors (Lipinski definition) is 4. The van der Waals surface area contributed by atoms with Crippen molar-refractivity contribution in [1.29, 1.82) is 0 Å². The number of aliphatic hydroxyl groups excluding tert-OH is 1. The SMILES string of the molecule is CC(N)C(=O)N1CCC(O)(CO)CC1. The Bertz CT molecular complexity index is 210. The second-order valence-corrected chi connectivity index (χ2v) is 4.00. The molecule has 0 aromatic rings. The van der Waals surface area contributed by atoms with Crippen LogP contribution in [-0.2, 0) is 4.79 Å². The molecule has 14 heavy (non-hydrogen) atoms. The molecule has 0 aromatic carbocycles. The van der Waals surface area contributed by atoms with Crippen molar-refractivity contribution in [3.05, 3.63) is 0 Å². The summed E-state index contributed by atoms with van der Waals surface area (Å²) >= 11 is 0. The molecule has 0 bridgehead atoms. The number of nitrogens with zero attached hydrogens (tertiary/aromatic N) is 1. The van der Waals surface area contributed by atoms with Crippen LogP contribution in [0.15, 0.2) is 0 Å². The Kier molecular flexibility index (Phi) is 3.47. The van der Waals surface area contributed by atoms with Gasteiger partial charge in [0.1, 0.15) is 0 Å². The topological polar surface area (TPSA) is 86.8 Å². The Morgan fingerprint density at radius 2 is 2.07 bits per heavy atom. The van der Waals surface area contributed by atoms with Crippen molar-refractivity contribution in [2.24, 2.45) is 5.73 Å². The van der Waals surface area contributed by atoms with Gasteiger partial charge in [-0.2, -0.15) is 0 Å². The quantitative estimate of drug-likeness (QED) is 0.518. The predicted molar refractivity (Wildman–Crippen MR) is 51.5 cm³/mol. The number of hydrogen-bond donors (Lipinski definition) is 3. The molecule has 82 valence electrons. The van der Waals surface area contributed by atoms with Crippen LogP contribution < -0.4 is 5.73 Å². The number of amides is 1. The third-order valence-electron chi connectivity index (χ3n) is 2.69. The minimum Gasteiger partial charge on any atom is -0.393 e. The molecule has 0 saturated carbocycles. The van der Waals surface area contributed by atoms with Gasteiger partial charge in [-0.15, -0.1) is 0 Å². The number of aliphatic hydroxyl groups is 2. The van der Waals surface area contributed by atoms with Crippen LogP contribution in [0.4, 0.5) is 0 Å². The first-order valence-electron chi connectivity index (χ1n) is 4.86. The fourth-order valence-electron chi connectivity index (χ4n) is 1.59. The van der Waals surface area contributed by atoms with Crippen LogP contribution in [0.1, 0.15) is 19.8 Å². The van der Waals surface area contributed by atoms with Gasteiger partial charge in [0.2, 0.25) is 5.91 Å². The zero-order valence-corrected chi connectivity index (χ0v) is 8.44. The summed E-state index contributed by atoms with van der Waals surface area (Å²) in [6.45, 7) is 2.34. The van der Waals surface area contributed by atoms with Crippen molar-refractivity contribution in [3.63, 3.8) is 0 Å². The molecule has 1 aliphatic rings. The smallest absolute Gasteiger partial charge is 0.239 e. The van der Waals surface area contributed by atoms with Gasteiger partial charge in [-0.05, 0) is 19.8 Å². The Morgan fingerprint density at radius 3 is 2.43 bits per heavy atom. The monoisotopic (exact) mass is 202 g/mol. The molecule has 1 unspecified atom stereocenters. The number of piperidine rings is 1. The lowest BCUT2D eigenvalue weighted by atomic mass is 9.92. The highest BCUT2D eigenvalue weighted by Crippen LogP contribution is 2.21. The third kappa shape index (κ3) is 2.43. The van der Waals surface area contributed by atoms with E-state index in [0.717, 1.165) is 0 Å². The molecule has 1 atom stereocenters. The lowest BCUT2D eigenvalue weighted by Gasteiger charge is -2.37. The van der Waals surface area contributed by atoms with E-state index in [4.69, 9.17) is 10.8 Å². The first kappa shape index (κ1) is 11.4. The van der Waals surface area contributed by atoms with Crippen molar-refractivity contribution >= 4 is 5.91 Å². The summed E-state index contributed by atoms with van der Waals surface area (Å²) in [5, 5.41) is 18.6. The van der Waals surface area contributed by atoms with E-state index >= 15 is 0 Å². The van der Waals surface area contributed by atoms with Gasteiger partial charge in [-0.1, -0.05) is 0 Å². The average Bonchev–Trinajstić information content (AvgIpc) is 2.18. The van der Waals surface area contributed by atoms with Gasteiger partial charge in [-0.25, -0.2) is 0 Å². The highest BCUT2D eigenvalue weighted by molar-refractivity contribution is 5.81. The fourth-order valence-corrected chi connectivity index (χ4v) is 1.59. The number of nitrogens with two attached hydrogens (primary N) is 1. The van der Waals surface area contributed by atoms with E-state index in [1.54, 1.807) is 11.8 Å². The molecule has 0 aromatic heterocycles. The summed E-state index contributed by atoms with van der Waals surface area (Å²) in [4.78, 5) is 13.1. The van der Waals surface area contributed by atoms with Gasteiger partial charge in [-0.3, -0.25) is 4.79 Å². The molecule has 1 amide bonds. The summed E-state index contributed by atoms with van der Waals surface area (Å²) in [6.07, 6.45) is 0.837. The third-order valence-corrected chi connectivity index (χ3v) is 2.69. The molecule has 4 N–H and O–H groups in total. The maximum atomic E-state index is 11.5. The first-order valence-corrected chi connectivity index (χ1v) is 4.86. The summed E-state index contributed by atoms with van der Waals surface area (Å²) in [5.41, 5.74) is 4.46. The number of carbonyl (C=O) groups is 1. The number of likely N-dealkylation sites (tertiary alicyclic amines) is 1. The van der Waals surface area contributed by atoms with Crippen molar-refractivity contribution in [2.45, 2.75) is 31.4 Å². The second-order valence-electron chi connectivity index (χ2n) is 4.00. The maximum Gasteiger partial charge on any atom is 0.239 e. The number of rotatable bonds is 2. The summed E-state index contributed by atoms with van der Waals surface area (Å²) in [5.74, 6) is -0.0926. The van der Waals surface area contributed by atoms with Crippen molar-refractivity contribution in [3.8, 4) is 0 Å². The van der Waals surface area contributed by atoms with Crippen LogP contribution in [0.3, 0.4) is 0 Å². The van der Waals surface area contributed by atoms with E-state index in [0.29, 0.717) is 25.9 Å². The first-order chi connectivity index (χ1) is 6.48. The molecule has 0 spiro atoms. The summed E-state index contributed by atoms with van der Waals surface area (Å²) in [7, 11) is 0. The Hall–Kier alpha value is -0.650. The van der Waals surface area contributed by atoms with E-state index in [9.17, 15) is 9.90 Å². The van der Waals surface area contributed by atoms with Gasteiger partial charge in [0.05, 0.1) is 18.2 Å². The summed E-state index contributed by atoms with van der Waals surface area (Å²) in [6, 6.07) is -0.490. The van der Waals surface area contributed by atoms with Gasteiger partial charge in [0, 0.05) is 13.1 Å². The lowest BCUT2D eigenvalue weighted by Crippen LogP contribution is -2.51. The zero-order chi connectivity index (χ0) is 10.8. The Morgan fingerprint density at radius 1 is 1.57 bits per heavy atom. The highest BCUT2D eigenvalue weighted by atomic mass is 16.3. The molecule has 1 heterocycles. The molecule has 1 aliphatic heterocycles. The van der Waals surface area contributed by atoms with Crippen molar-refractivity contribution in [1.82, 2.24) is 4.90 Å². The molecule has 0 aliphatic carbocycles. The van der Waals surface area contributed by atoms with Crippen molar-refractivity contribution < 1.29 is 15.0 Å². The van der Waals surface area contributed by atoms with E-state index < -0.39 is 11.6 Å². The van der Waals surface area contributed by atoms with Crippen LogP contribution in [-0.4, -0.2) is 52.4 Å². The predicted octanol–water partition coefficient (Wildman–Crippen LogP) is -1.32. The minimum absolute atomic E-state index is 0.0926. The van der Waals surface area contributed by atoms with Gasteiger partial charge < -0.3 is 20.8 Å². The molecule has 0 radical (unpaired) electrons. The van der Waals surface area contributed by atoms with Crippen LogP contribution >= 0.6 is 0 Å². The molecular formula is C9H18N2O3. The standard InChI is InChI=1S/C9H18N2O3/c1-7(10)8(13)11-4-2-9(14,6-12)3-5-11/h7,12,14H,2-6,10H2,1H3. The average molecular weight is 202 g/mol. The van der Waals surface area contributed by atoms with Crippen LogP contribution in [0.2, 0.25) is 0 Å². The van der Waals surface area contributed by atoms with E-state index in [1.807, 2.05) is 0 Å². The molecule has 5 nitrogen and oxygen atoms in total. The highest BCUT2D eigenvalue weighted by Gasteiger charge is 2.33. The molecule has 1 saturated heterocycles. The fraction of sp³-hybridized carbons (Fsp3) is 0.889. The van der Waals surface area contributed by atoms with Gasteiger partial charge >= 0.3 is 0 Å². The molecular weight excluding hydrogens is 184 g/mol. The van der Waals surface area contributed by atoms with E-state index in [-0.39, 0.29) is 12.5 Å². The molecule has 1 fully saturated rings. The largest absolute Gasteiger partial charge is 0.393 e. The van der Waals surface area contributed by atoms with Crippen molar-refractivity contribution in [2.75, 3.05) is 19.7 Å². The van der Waals surface area contributed by atoms with E-state index in [2.05, 4.69) is 0 Å². The van der Waals surface area contributed by atoms with Crippen LogP contribution in [0, 0.1) is 0 Å². The van der Waals surface area contributed by atoms with Gasteiger partial charge in [0.15, 0.2) is 0 Å². The van der Waals surface area contributed by atoms with Gasteiger partial charge in [0.25, 0.3) is 0 Å². The second kappa shape index (κ2) is 4.25. The van der Waals surface area contributed by atoms with E-state index in [1.165, 1.54) is 0 Å².